The Hall–Kier alpha value is -2.43. The van der Waals surface area contributed by atoms with Gasteiger partial charge in [0.25, 0.3) is 0 Å². The molecule has 132 valence electrons. The number of rotatable bonds is 5. The summed E-state index contributed by atoms with van der Waals surface area (Å²) < 4.78 is 1.81. The first-order valence-electron chi connectivity index (χ1n) is 8.69. The molecule has 2 aromatic heterocycles. The Morgan fingerprint density at radius 1 is 1.36 bits per heavy atom. The average molecular weight is 338 g/mol. The normalized spacial score (nSPS) is 20.8. The molecule has 0 bridgehead atoms. The Kier molecular flexibility index (Phi) is 4.50. The second kappa shape index (κ2) is 6.47. The molecule has 25 heavy (non-hydrogen) atoms. The molecule has 2 unspecified atom stereocenters. The van der Waals surface area contributed by atoms with Crippen molar-refractivity contribution in [1.29, 1.82) is 0 Å². The van der Waals surface area contributed by atoms with Crippen molar-refractivity contribution in [3.8, 4) is 0 Å². The summed E-state index contributed by atoms with van der Waals surface area (Å²) in [5, 5.41) is 7.57. The van der Waals surface area contributed by atoms with Crippen LogP contribution in [-0.4, -0.2) is 20.7 Å². The smallest absolute Gasteiger partial charge is 0.229 e. The number of anilines is 1. The van der Waals surface area contributed by atoms with Crippen LogP contribution >= 0.6 is 0 Å². The Labute approximate surface area is 149 Å². The van der Waals surface area contributed by atoms with Crippen molar-refractivity contribution < 1.29 is 4.79 Å². The fourth-order valence-corrected chi connectivity index (χ4v) is 3.46. The second-order valence-corrected chi connectivity index (χ2v) is 7.71. The van der Waals surface area contributed by atoms with E-state index >= 15 is 0 Å². The van der Waals surface area contributed by atoms with E-state index in [0.717, 1.165) is 17.2 Å². The van der Waals surface area contributed by atoms with E-state index in [0.29, 0.717) is 12.5 Å². The molecule has 3 rings (SSSR count). The van der Waals surface area contributed by atoms with Crippen LogP contribution in [0.1, 0.15) is 39.1 Å². The molecule has 1 aliphatic rings. The van der Waals surface area contributed by atoms with Gasteiger partial charge in [0.1, 0.15) is 5.82 Å². The van der Waals surface area contributed by atoms with Crippen LogP contribution < -0.4 is 5.32 Å². The van der Waals surface area contributed by atoms with E-state index in [2.05, 4.69) is 49.2 Å². The van der Waals surface area contributed by atoms with Crippen LogP contribution in [0.15, 0.2) is 42.1 Å². The summed E-state index contributed by atoms with van der Waals surface area (Å²) in [7, 11) is 0. The maximum absolute atomic E-state index is 12.8. The monoisotopic (exact) mass is 338 g/mol. The molecule has 1 saturated carbocycles. The highest BCUT2D eigenvalue weighted by atomic mass is 16.2. The van der Waals surface area contributed by atoms with Gasteiger partial charge in [-0.25, -0.2) is 4.68 Å². The largest absolute Gasteiger partial charge is 0.311 e. The minimum atomic E-state index is 0.000839. The Balaban J connectivity index is 1.75. The quantitative estimate of drug-likeness (QED) is 0.843. The van der Waals surface area contributed by atoms with Crippen LogP contribution in [0, 0.1) is 24.2 Å². The van der Waals surface area contributed by atoms with Crippen LogP contribution in [0.3, 0.4) is 0 Å². The highest BCUT2D eigenvalue weighted by molar-refractivity contribution is 5.95. The Morgan fingerprint density at radius 2 is 2.12 bits per heavy atom. The lowest BCUT2D eigenvalue weighted by molar-refractivity contribution is -0.118. The molecular formula is C20H26N4O. The molecule has 1 aliphatic carbocycles. The van der Waals surface area contributed by atoms with E-state index in [9.17, 15) is 4.79 Å². The summed E-state index contributed by atoms with van der Waals surface area (Å²) in [4.78, 5) is 17.1. The van der Waals surface area contributed by atoms with E-state index < -0.39 is 0 Å². The zero-order chi connectivity index (χ0) is 18.2. The van der Waals surface area contributed by atoms with E-state index in [1.807, 2.05) is 31.2 Å². The predicted octanol–water partition coefficient (Wildman–Crippen LogP) is 3.81. The van der Waals surface area contributed by atoms with Gasteiger partial charge in [0.2, 0.25) is 5.91 Å². The SMILES string of the molecule is CC(C)=CC1C(C(=O)Nc2cc(C)nn2Cc2ccccn2)C1(C)C. The highest BCUT2D eigenvalue weighted by Crippen LogP contribution is 2.59. The maximum Gasteiger partial charge on any atom is 0.229 e. The van der Waals surface area contributed by atoms with Crippen molar-refractivity contribution in [1.82, 2.24) is 14.8 Å². The summed E-state index contributed by atoms with van der Waals surface area (Å²) in [6, 6.07) is 7.70. The highest BCUT2D eigenvalue weighted by Gasteiger charge is 2.60. The molecule has 0 saturated heterocycles. The minimum Gasteiger partial charge on any atom is -0.311 e. The first-order valence-corrected chi connectivity index (χ1v) is 8.69. The number of aromatic nitrogens is 3. The third kappa shape index (κ3) is 3.65. The molecule has 1 N–H and O–H groups in total. The Morgan fingerprint density at radius 3 is 2.76 bits per heavy atom. The van der Waals surface area contributed by atoms with E-state index in [4.69, 9.17) is 0 Å². The second-order valence-electron chi connectivity index (χ2n) is 7.71. The lowest BCUT2D eigenvalue weighted by Gasteiger charge is -2.09. The molecular weight excluding hydrogens is 312 g/mol. The number of carbonyl (C=O) groups is 1. The van der Waals surface area contributed by atoms with E-state index in [-0.39, 0.29) is 17.2 Å². The van der Waals surface area contributed by atoms with Gasteiger partial charge in [-0.05, 0) is 44.2 Å². The van der Waals surface area contributed by atoms with Gasteiger partial charge in [-0.3, -0.25) is 9.78 Å². The third-order valence-corrected chi connectivity index (χ3v) is 4.90. The molecule has 5 nitrogen and oxygen atoms in total. The van der Waals surface area contributed by atoms with Crippen LogP contribution in [0.5, 0.6) is 0 Å². The first kappa shape index (κ1) is 17.4. The summed E-state index contributed by atoms with van der Waals surface area (Å²) in [5.41, 5.74) is 3.05. The minimum absolute atomic E-state index is 0.000839. The number of hydrogen-bond acceptors (Lipinski definition) is 3. The summed E-state index contributed by atoms with van der Waals surface area (Å²) >= 11 is 0. The first-order chi connectivity index (χ1) is 11.8. The van der Waals surface area contributed by atoms with E-state index in [1.54, 1.807) is 10.9 Å². The number of allylic oxidation sites excluding steroid dienone is 2. The van der Waals surface area contributed by atoms with Gasteiger partial charge in [0.05, 0.1) is 23.9 Å². The molecule has 1 fully saturated rings. The van der Waals surface area contributed by atoms with Crippen LogP contribution in [0.25, 0.3) is 0 Å². The van der Waals surface area contributed by atoms with Crippen molar-refractivity contribution in [3.63, 3.8) is 0 Å². The number of aryl methyl sites for hydroxylation is 1. The molecule has 2 atom stereocenters. The molecule has 2 heterocycles. The van der Waals surface area contributed by atoms with Gasteiger partial charge in [-0.15, -0.1) is 0 Å². The van der Waals surface area contributed by atoms with Crippen LogP contribution in [-0.2, 0) is 11.3 Å². The zero-order valence-electron chi connectivity index (χ0n) is 15.6. The van der Waals surface area contributed by atoms with Gasteiger partial charge in [0, 0.05) is 12.3 Å². The third-order valence-electron chi connectivity index (χ3n) is 4.90. The predicted molar refractivity (Wildman–Crippen MR) is 99.1 cm³/mol. The lowest BCUT2D eigenvalue weighted by atomic mass is 10.1. The van der Waals surface area contributed by atoms with Crippen molar-refractivity contribution in [2.75, 3.05) is 5.32 Å². The van der Waals surface area contributed by atoms with Crippen molar-refractivity contribution in [2.24, 2.45) is 17.3 Å². The van der Waals surface area contributed by atoms with E-state index in [1.165, 1.54) is 5.57 Å². The number of hydrogen-bond donors (Lipinski definition) is 1. The molecule has 0 spiro atoms. The average Bonchev–Trinajstić information content (AvgIpc) is 2.88. The molecule has 0 radical (unpaired) electrons. The zero-order valence-corrected chi connectivity index (χ0v) is 15.6. The number of nitrogens with zero attached hydrogens (tertiary/aromatic N) is 3. The van der Waals surface area contributed by atoms with Crippen LogP contribution in [0.2, 0.25) is 0 Å². The van der Waals surface area contributed by atoms with Crippen LogP contribution in [0.4, 0.5) is 5.82 Å². The number of nitrogens with one attached hydrogen (secondary N) is 1. The molecule has 2 aromatic rings. The number of amides is 1. The lowest BCUT2D eigenvalue weighted by Crippen LogP contribution is -2.20. The van der Waals surface area contributed by atoms with Gasteiger partial charge in [0.15, 0.2) is 0 Å². The summed E-state index contributed by atoms with van der Waals surface area (Å²) in [6.45, 7) is 10.9. The van der Waals surface area contributed by atoms with Crippen molar-refractivity contribution in [2.45, 2.75) is 41.2 Å². The summed E-state index contributed by atoms with van der Waals surface area (Å²) in [6.07, 6.45) is 3.97. The fraction of sp³-hybridized carbons (Fsp3) is 0.450. The topological polar surface area (TPSA) is 59.8 Å². The molecule has 5 heteroatoms. The van der Waals surface area contributed by atoms with Crippen molar-refractivity contribution in [3.05, 3.63) is 53.5 Å². The van der Waals surface area contributed by atoms with Gasteiger partial charge in [-0.2, -0.15) is 5.10 Å². The molecule has 0 aliphatic heterocycles. The van der Waals surface area contributed by atoms with Gasteiger partial charge in [-0.1, -0.05) is 31.6 Å². The standard InChI is InChI=1S/C20H26N4O/c1-13(2)10-16-18(20(16,4)5)19(25)22-17-11-14(3)23-24(17)12-15-8-6-7-9-21-15/h6-11,16,18H,12H2,1-5H3,(H,22,25). The van der Waals surface area contributed by atoms with Gasteiger partial charge >= 0.3 is 0 Å². The molecule has 1 amide bonds. The Bertz CT molecular complexity index is 800. The van der Waals surface area contributed by atoms with Crippen molar-refractivity contribution >= 4 is 11.7 Å². The fourth-order valence-electron chi connectivity index (χ4n) is 3.46. The van der Waals surface area contributed by atoms with Gasteiger partial charge < -0.3 is 5.32 Å². The maximum atomic E-state index is 12.8. The molecule has 0 aromatic carbocycles. The summed E-state index contributed by atoms with van der Waals surface area (Å²) in [5.74, 6) is 1.09. The number of pyridine rings is 1. The number of carbonyl (C=O) groups excluding carboxylic acids is 1.